The largest absolute Gasteiger partial charge is 0.385 e. The number of rotatable bonds is 7. The number of nitrogens with zero attached hydrogens (tertiary/aromatic N) is 4. The lowest BCUT2D eigenvalue weighted by Crippen LogP contribution is -2.47. The molecule has 2 N–H and O–H groups in total. The number of carbonyl (C=O) groups is 2. The Labute approximate surface area is 214 Å². The number of hydrogen-bond donors (Lipinski definition) is 1. The first-order chi connectivity index (χ1) is 17.6. The number of benzene rings is 1. The molecule has 2 saturated heterocycles. The molecule has 36 heavy (non-hydrogen) atoms. The number of methoxy groups -OCH3 is 1. The normalized spacial score (nSPS) is 25.6. The molecular formula is C28H41N5O3. The van der Waals surface area contributed by atoms with Crippen LogP contribution in [0.5, 0.6) is 0 Å². The fraction of sp³-hybridized carbons (Fsp3) is 0.679. The summed E-state index contributed by atoms with van der Waals surface area (Å²) in [6.45, 7) is 3.92. The summed E-state index contributed by atoms with van der Waals surface area (Å²) in [5.74, 6) is 1.38. The van der Waals surface area contributed by atoms with Gasteiger partial charge in [-0.3, -0.25) is 9.59 Å². The molecule has 0 spiro atoms. The number of likely N-dealkylation sites (tertiary alicyclic amines) is 2. The van der Waals surface area contributed by atoms with Crippen molar-refractivity contribution < 1.29 is 14.3 Å². The SMILES string of the molecule is COCCCn1c(C2CCCN(C(=O)[C@@H]3CN(C(=O)C4CCCCC4)C[C@H]3N)C2)nc2ccccc21. The molecule has 2 amide bonds. The van der Waals surface area contributed by atoms with Gasteiger partial charge < -0.3 is 24.8 Å². The molecule has 3 atom stereocenters. The summed E-state index contributed by atoms with van der Waals surface area (Å²) >= 11 is 0. The first kappa shape index (κ1) is 25.2. The highest BCUT2D eigenvalue weighted by atomic mass is 16.5. The predicted molar refractivity (Wildman–Crippen MR) is 139 cm³/mol. The van der Waals surface area contributed by atoms with Gasteiger partial charge in [-0.25, -0.2) is 4.98 Å². The number of imidazole rings is 1. The van der Waals surface area contributed by atoms with Gasteiger partial charge >= 0.3 is 0 Å². The highest BCUT2D eigenvalue weighted by Gasteiger charge is 2.42. The van der Waals surface area contributed by atoms with Crippen molar-refractivity contribution in [2.24, 2.45) is 17.6 Å². The molecule has 3 heterocycles. The van der Waals surface area contributed by atoms with E-state index in [0.717, 1.165) is 74.9 Å². The average Bonchev–Trinajstić information content (AvgIpc) is 3.49. The molecule has 3 fully saturated rings. The van der Waals surface area contributed by atoms with E-state index >= 15 is 0 Å². The lowest BCUT2D eigenvalue weighted by atomic mass is 9.88. The molecule has 1 unspecified atom stereocenters. The van der Waals surface area contributed by atoms with Crippen molar-refractivity contribution in [3.8, 4) is 0 Å². The van der Waals surface area contributed by atoms with Gasteiger partial charge in [0.05, 0.1) is 17.0 Å². The Morgan fingerprint density at radius 3 is 2.61 bits per heavy atom. The minimum Gasteiger partial charge on any atom is -0.385 e. The summed E-state index contributed by atoms with van der Waals surface area (Å²) < 4.78 is 7.61. The van der Waals surface area contributed by atoms with Crippen molar-refractivity contribution in [3.63, 3.8) is 0 Å². The van der Waals surface area contributed by atoms with Crippen LogP contribution in [-0.4, -0.2) is 77.1 Å². The third-order valence-corrected chi connectivity index (χ3v) is 8.46. The van der Waals surface area contributed by atoms with Crippen molar-refractivity contribution in [2.75, 3.05) is 39.9 Å². The second-order valence-corrected chi connectivity index (χ2v) is 10.9. The van der Waals surface area contributed by atoms with Crippen molar-refractivity contribution in [1.82, 2.24) is 19.4 Å². The van der Waals surface area contributed by atoms with Crippen molar-refractivity contribution in [2.45, 2.75) is 69.9 Å². The number of ether oxygens (including phenoxy) is 1. The van der Waals surface area contributed by atoms with Crippen LogP contribution >= 0.6 is 0 Å². The van der Waals surface area contributed by atoms with Crippen LogP contribution in [0.3, 0.4) is 0 Å². The van der Waals surface area contributed by atoms with Gasteiger partial charge in [0.1, 0.15) is 5.82 Å². The summed E-state index contributed by atoms with van der Waals surface area (Å²) in [6, 6.07) is 7.98. The topological polar surface area (TPSA) is 93.7 Å². The molecule has 1 aliphatic carbocycles. The van der Waals surface area contributed by atoms with Gasteiger partial charge in [0.25, 0.3) is 0 Å². The molecule has 2 aromatic rings. The van der Waals surface area contributed by atoms with E-state index < -0.39 is 0 Å². The maximum Gasteiger partial charge on any atom is 0.229 e. The lowest BCUT2D eigenvalue weighted by Gasteiger charge is -2.35. The summed E-state index contributed by atoms with van der Waals surface area (Å²) in [4.78, 5) is 35.6. The Bertz CT molecular complexity index is 1060. The highest BCUT2D eigenvalue weighted by Crippen LogP contribution is 2.32. The standard InChI is InChI=1S/C28H41N5O3/c1-36-16-8-15-33-25-13-6-5-12-24(25)30-26(33)21-11-7-14-31(17-21)28(35)22-18-32(19-23(22)29)27(34)20-9-3-2-4-10-20/h5-6,12-13,20-23H,2-4,7-11,14-19,29H2,1H3/t21?,22-,23-/m1/s1. The molecule has 8 nitrogen and oxygen atoms in total. The van der Waals surface area contributed by atoms with Crippen LogP contribution in [0.1, 0.15) is 63.1 Å². The molecule has 8 heteroatoms. The van der Waals surface area contributed by atoms with Crippen LogP contribution in [0.15, 0.2) is 24.3 Å². The van der Waals surface area contributed by atoms with E-state index in [-0.39, 0.29) is 35.6 Å². The second kappa shape index (κ2) is 11.3. The Balaban J connectivity index is 1.28. The van der Waals surface area contributed by atoms with E-state index in [1.165, 1.54) is 6.42 Å². The Kier molecular flexibility index (Phi) is 7.91. The third-order valence-electron chi connectivity index (χ3n) is 8.46. The van der Waals surface area contributed by atoms with Crippen molar-refractivity contribution >= 4 is 22.8 Å². The van der Waals surface area contributed by atoms with E-state index in [1.807, 2.05) is 15.9 Å². The molecule has 0 radical (unpaired) electrons. The number of carbonyl (C=O) groups excluding carboxylic acids is 2. The van der Waals surface area contributed by atoms with Gasteiger partial charge in [0.2, 0.25) is 11.8 Å². The third kappa shape index (κ3) is 5.16. The fourth-order valence-electron chi connectivity index (χ4n) is 6.51. The van der Waals surface area contributed by atoms with Crippen molar-refractivity contribution in [1.29, 1.82) is 0 Å². The zero-order valence-electron chi connectivity index (χ0n) is 21.6. The van der Waals surface area contributed by atoms with E-state index in [1.54, 1.807) is 7.11 Å². The molecule has 1 saturated carbocycles. The number of piperidine rings is 1. The molecule has 3 aliphatic rings. The predicted octanol–water partition coefficient (Wildman–Crippen LogP) is 3.14. The number of para-hydroxylation sites is 2. The number of amides is 2. The molecule has 5 rings (SSSR count). The first-order valence-electron chi connectivity index (χ1n) is 13.8. The second-order valence-electron chi connectivity index (χ2n) is 10.9. The highest BCUT2D eigenvalue weighted by molar-refractivity contribution is 5.84. The summed E-state index contributed by atoms with van der Waals surface area (Å²) in [7, 11) is 1.73. The number of nitrogens with two attached hydrogens (primary N) is 1. The van der Waals surface area contributed by atoms with Gasteiger partial charge in [0.15, 0.2) is 0 Å². The summed E-state index contributed by atoms with van der Waals surface area (Å²) in [6.07, 6.45) is 8.31. The van der Waals surface area contributed by atoms with Gasteiger partial charge in [0, 0.05) is 64.3 Å². The monoisotopic (exact) mass is 495 g/mol. The van der Waals surface area contributed by atoms with Crippen LogP contribution in [-0.2, 0) is 20.9 Å². The van der Waals surface area contributed by atoms with Gasteiger partial charge in [-0.2, -0.15) is 0 Å². The molecule has 1 aromatic carbocycles. The van der Waals surface area contributed by atoms with Crippen LogP contribution in [0, 0.1) is 11.8 Å². The van der Waals surface area contributed by atoms with Crippen LogP contribution in [0.2, 0.25) is 0 Å². The zero-order valence-corrected chi connectivity index (χ0v) is 21.6. The molecular weight excluding hydrogens is 454 g/mol. The quantitative estimate of drug-likeness (QED) is 0.596. The Hall–Kier alpha value is -2.45. The number of aryl methyl sites for hydroxylation is 1. The summed E-state index contributed by atoms with van der Waals surface area (Å²) in [5.41, 5.74) is 8.61. The van der Waals surface area contributed by atoms with Crippen LogP contribution < -0.4 is 5.73 Å². The average molecular weight is 496 g/mol. The number of fused-ring (bicyclic) bond motifs is 1. The minimum atomic E-state index is -0.309. The van der Waals surface area contributed by atoms with Gasteiger partial charge in [-0.1, -0.05) is 31.4 Å². The lowest BCUT2D eigenvalue weighted by molar-refractivity contribution is -0.138. The van der Waals surface area contributed by atoms with Gasteiger partial charge in [-0.05, 0) is 44.2 Å². The number of aromatic nitrogens is 2. The summed E-state index contributed by atoms with van der Waals surface area (Å²) in [5, 5.41) is 0. The Morgan fingerprint density at radius 1 is 1.00 bits per heavy atom. The maximum atomic E-state index is 13.7. The van der Waals surface area contributed by atoms with E-state index in [4.69, 9.17) is 15.5 Å². The zero-order chi connectivity index (χ0) is 25.1. The van der Waals surface area contributed by atoms with E-state index in [2.05, 4.69) is 22.8 Å². The van der Waals surface area contributed by atoms with E-state index in [9.17, 15) is 9.59 Å². The van der Waals surface area contributed by atoms with Crippen LogP contribution in [0.25, 0.3) is 11.0 Å². The van der Waals surface area contributed by atoms with E-state index in [0.29, 0.717) is 26.2 Å². The molecule has 1 aromatic heterocycles. The molecule has 0 bridgehead atoms. The number of hydrogen-bond acceptors (Lipinski definition) is 5. The molecule has 2 aliphatic heterocycles. The molecule has 196 valence electrons. The maximum absolute atomic E-state index is 13.7. The Morgan fingerprint density at radius 2 is 1.81 bits per heavy atom. The minimum absolute atomic E-state index is 0.105. The smallest absolute Gasteiger partial charge is 0.229 e. The first-order valence-corrected chi connectivity index (χ1v) is 13.8. The fourth-order valence-corrected chi connectivity index (χ4v) is 6.51. The van der Waals surface area contributed by atoms with Crippen LogP contribution in [0.4, 0.5) is 0 Å². The van der Waals surface area contributed by atoms with Crippen molar-refractivity contribution in [3.05, 3.63) is 30.1 Å². The van der Waals surface area contributed by atoms with Gasteiger partial charge in [-0.15, -0.1) is 0 Å².